The molecule has 108 valence electrons. The third-order valence-corrected chi connectivity index (χ3v) is 4.22. The van der Waals surface area contributed by atoms with Crippen molar-refractivity contribution in [2.24, 2.45) is 5.92 Å². The molecule has 1 aliphatic carbocycles. The van der Waals surface area contributed by atoms with Gasteiger partial charge in [0, 0.05) is 30.9 Å². The minimum atomic E-state index is -0.355. The van der Waals surface area contributed by atoms with Gasteiger partial charge in [0.15, 0.2) is 0 Å². The summed E-state index contributed by atoms with van der Waals surface area (Å²) in [5.41, 5.74) is 0.731. The van der Waals surface area contributed by atoms with Crippen LogP contribution in [0.2, 0.25) is 0 Å². The van der Waals surface area contributed by atoms with Gasteiger partial charge >= 0.3 is 0 Å². The number of rotatable bonds is 5. The first-order valence-corrected chi connectivity index (χ1v) is 7.22. The van der Waals surface area contributed by atoms with Crippen LogP contribution in [0.4, 0.5) is 11.5 Å². The summed E-state index contributed by atoms with van der Waals surface area (Å²) in [4.78, 5) is 17.3. The minimum absolute atomic E-state index is 0.133. The lowest BCUT2D eigenvalue weighted by atomic mass is 10.1. The lowest BCUT2D eigenvalue weighted by Crippen LogP contribution is -2.24. The van der Waals surface area contributed by atoms with E-state index >= 15 is 0 Å². The van der Waals surface area contributed by atoms with Crippen LogP contribution in [0.15, 0.2) is 12.3 Å². The fourth-order valence-electron chi connectivity index (χ4n) is 2.86. The Kier molecular flexibility index (Phi) is 3.56. The molecule has 6 heteroatoms. The maximum atomic E-state index is 10.9. The largest absolute Gasteiger partial charge is 0.370 e. The first-order chi connectivity index (χ1) is 9.63. The van der Waals surface area contributed by atoms with Crippen LogP contribution in [0.1, 0.15) is 24.8 Å². The van der Waals surface area contributed by atoms with Gasteiger partial charge in [-0.2, -0.15) is 0 Å². The number of nitrogens with zero attached hydrogens (tertiary/aromatic N) is 3. The molecule has 1 N–H and O–H groups in total. The molecule has 3 rings (SSSR count). The number of nitrogens with one attached hydrogen (secondary N) is 1. The van der Waals surface area contributed by atoms with E-state index in [1.54, 1.807) is 13.1 Å². The molecular formula is C14H20N4O2. The van der Waals surface area contributed by atoms with E-state index in [0.29, 0.717) is 17.3 Å². The van der Waals surface area contributed by atoms with Crippen molar-refractivity contribution in [3.8, 4) is 0 Å². The number of anilines is 1. The van der Waals surface area contributed by atoms with Gasteiger partial charge in [0.1, 0.15) is 5.82 Å². The van der Waals surface area contributed by atoms with Crippen LogP contribution in [-0.4, -0.2) is 40.5 Å². The molecule has 1 unspecified atom stereocenters. The van der Waals surface area contributed by atoms with E-state index in [1.807, 2.05) is 0 Å². The minimum Gasteiger partial charge on any atom is -0.370 e. The highest BCUT2D eigenvalue weighted by molar-refractivity contribution is 5.48. The van der Waals surface area contributed by atoms with Gasteiger partial charge in [-0.15, -0.1) is 0 Å². The number of hydrogen-bond acceptors (Lipinski definition) is 5. The van der Waals surface area contributed by atoms with Crippen molar-refractivity contribution in [2.75, 3.05) is 25.0 Å². The highest BCUT2D eigenvalue weighted by Crippen LogP contribution is 2.31. The summed E-state index contributed by atoms with van der Waals surface area (Å²) in [6.07, 6.45) is 5.47. The molecule has 0 spiro atoms. The summed E-state index contributed by atoms with van der Waals surface area (Å²) in [5, 5.41) is 14.1. The maximum Gasteiger partial charge on any atom is 0.277 e. The first-order valence-electron chi connectivity index (χ1n) is 7.22. The van der Waals surface area contributed by atoms with Gasteiger partial charge in [-0.05, 0) is 38.6 Å². The zero-order chi connectivity index (χ0) is 14.1. The molecule has 2 heterocycles. The molecule has 1 saturated heterocycles. The van der Waals surface area contributed by atoms with Crippen LogP contribution in [-0.2, 0) is 0 Å². The Morgan fingerprint density at radius 1 is 1.50 bits per heavy atom. The predicted molar refractivity (Wildman–Crippen MR) is 76.8 cm³/mol. The zero-order valence-electron chi connectivity index (χ0n) is 11.7. The molecule has 6 nitrogen and oxygen atoms in total. The molecule has 0 radical (unpaired) electrons. The van der Waals surface area contributed by atoms with Crippen LogP contribution >= 0.6 is 0 Å². The van der Waals surface area contributed by atoms with E-state index in [1.165, 1.54) is 31.9 Å². The second-order valence-corrected chi connectivity index (χ2v) is 5.87. The van der Waals surface area contributed by atoms with E-state index < -0.39 is 0 Å². The lowest BCUT2D eigenvalue weighted by molar-refractivity contribution is -0.385. The van der Waals surface area contributed by atoms with Crippen molar-refractivity contribution in [3.05, 3.63) is 27.9 Å². The molecule has 2 aliphatic rings. The molecule has 1 atom stereocenters. The van der Waals surface area contributed by atoms with Crippen molar-refractivity contribution in [1.82, 2.24) is 9.88 Å². The molecule has 1 aliphatic heterocycles. The van der Waals surface area contributed by atoms with Crippen LogP contribution in [0, 0.1) is 23.0 Å². The summed E-state index contributed by atoms with van der Waals surface area (Å²) >= 11 is 0. The predicted octanol–water partition coefficient (Wildman–Crippen LogP) is 2.19. The van der Waals surface area contributed by atoms with Crippen molar-refractivity contribution in [3.63, 3.8) is 0 Å². The molecule has 1 aromatic heterocycles. The van der Waals surface area contributed by atoms with Gasteiger partial charge in [0.2, 0.25) is 0 Å². The molecule has 0 bridgehead atoms. The molecule has 1 saturated carbocycles. The second-order valence-electron chi connectivity index (χ2n) is 5.87. The van der Waals surface area contributed by atoms with E-state index in [0.717, 1.165) is 19.1 Å². The van der Waals surface area contributed by atoms with Crippen LogP contribution in [0.25, 0.3) is 0 Å². The molecule has 2 fully saturated rings. The van der Waals surface area contributed by atoms with Crippen LogP contribution in [0.5, 0.6) is 0 Å². The van der Waals surface area contributed by atoms with Crippen molar-refractivity contribution >= 4 is 11.5 Å². The van der Waals surface area contributed by atoms with Gasteiger partial charge in [0.05, 0.1) is 11.0 Å². The lowest BCUT2D eigenvalue weighted by Gasteiger charge is -2.15. The first kappa shape index (κ1) is 13.3. The van der Waals surface area contributed by atoms with Crippen molar-refractivity contribution in [1.29, 1.82) is 0 Å². The summed E-state index contributed by atoms with van der Waals surface area (Å²) in [5.74, 6) is 1.23. The number of nitro groups is 1. The SMILES string of the molecule is Cc1cnc(NCC2CCN(C3CC3)C2)cc1[N+](=O)[O-]. The number of aryl methyl sites for hydroxylation is 1. The smallest absolute Gasteiger partial charge is 0.277 e. The van der Waals surface area contributed by atoms with Gasteiger partial charge in [-0.3, -0.25) is 10.1 Å². The Hall–Kier alpha value is -1.69. The fourth-order valence-corrected chi connectivity index (χ4v) is 2.86. The Bertz CT molecular complexity index is 516. The monoisotopic (exact) mass is 276 g/mol. The topological polar surface area (TPSA) is 71.3 Å². The van der Waals surface area contributed by atoms with Gasteiger partial charge in [-0.25, -0.2) is 4.98 Å². The maximum absolute atomic E-state index is 10.9. The van der Waals surface area contributed by atoms with E-state index in [-0.39, 0.29) is 10.6 Å². The third-order valence-electron chi connectivity index (χ3n) is 4.22. The standard InChI is InChI=1S/C14H20N4O2/c1-10-7-15-14(6-13(10)18(19)20)16-8-11-4-5-17(9-11)12-2-3-12/h6-7,11-12H,2-5,8-9H2,1H3,(H,15,16). The molecule has 20 heavy (non-hydrogen) atoms. The Morgan fingerprint density at radius 2 is 2.30 bits per heavy atom. The number of pyridine rings is 1. The van der Waals surface area contributed by atoms with Crippen molar-refractivity contribution in [2.45, 2.75) is 32.2 Å². The molecule has 0 aromatic carbocycles. The Labute approximate surface area is 118 Å². The van der Waals surface area contributed by atoms with E-state index in [4.69, 9.17) is 0 Å². The highest BCUT2D eigenvalue weighted by atomic mass is 16.6. The van der Waals surface area contributed by atoms with E-state index in [2.05, 4.69) is 15.2 Å². The fraction of sp³-hybridized carbons (Fsp3) is 0.643. The molecular weight excluding hydrogens is 256 g/mol. The summed E-state index contributed by atoms with van der Waals surface area (Å²) in [6, 6.07) is 2.36. The van der Waals surface area contributed by atoms with Gasteiger partial charge in [0.25, 0.3) is 5.69 Å². The zero-order valence-corrected chi connectivity index (χ0v) is 11.7. The quantitative estimate of drug-likeness (QED) is 0.659. The van der Waals surface area contributed by atoms with Crippen molar-refractivity contribution < 1.29 is 4.92 Å². The number of hydrogen-bond donors (Lipinski definition) is 1. The number of aromatic nitrogens is 1. The highest BCUT2D eigenvalue weighted by Gasteiger charge is 2.34. The van der Waals surface area contributed by atoms with E-state index in [9.17, 15) is 10.1 Å². The Balaban J connectivity index is 1.55. The van der Waals surface area contributed by atoms with Crippen LogP contribution in [0.3, 0.4) is 0 Å². The van der Waals surface area contributed by atoms with Gasteiger partial charge < -0.3 is 10.2 Å². The Morgan fingerprint density at radius 3 is 3.00 bits per heavy atom. The second kappa shape index (κ2) is 5.36. The van der Waals surface area contributed by atoms with Crippen LogP contribution < -0.4 is 5.32 Å². The third kappa shape index (κ3) is 2.90. The van der Waals surface area contributed by atoms with Gasteiger partial charge in [-0.1, -0.05) is 0 Å². The average molecular weight is 276 g/mol. The summed E-state index contributed by atoms with van der Waals surface area (Å²) < 4.78 is 0. The summed E-state index contributed by atoms with van der Waals surface area (Å²) in [7, 11) is 0. The molecule has 1 aromatic rings. The normalized spacial score (nSPS) is 22.9. The number of likely N-dealkylation sites (tertiary alicyclic amines) is 1. The molecule has 0 amide bonds. The average Bonchev–Trinajstić information content (AvgIpc) is 3.17. The summed E-state index contributed by atoms with van der Waals surface area (Å²) in [6.45, 7) is 4.89.